The van der Waals surface area contributed by atoms with E-state index in [-0.39, 0.29) is 23.4 Å². The van der Waals surface area contributed by atoms with Crippen molar-refractivity contribution in [3.05, 3.63) is 58.6 Å². The Morgan fingerprint density at radius 2 is 2.30 bits per heavy atom. The molecule has 0 atom stereocenters. The minimum atomic E-state index is -0.515. The normalized spacial score (nSPS) is 10.5. The predicted octanol–water partition coefficient (Wildman–Crippen LogP) is 3.42. The van der Waals surface area contributed by atoms with Gasteiger partial charge in [0, 0.05) is 23.8 Å². The second-order valence-corrected chi connectivity index (χ2v) is 5.68. The predicted molar refractivity (Wildman–Crippen MR) is 84.3 cm³/mol. The Hall–Kier alpha value is -2.45. The first-order valence-electron chi connectivity index (χ1n) is 6.44. The number of aromatic nitrogens is 3. The zero-order chi connectivity index (χ0) is 16.2. The van der Waals surface area contributed by atoms with E-state index in [1.165, 1.54) is 34.2 Å². The highest BCUT2D eigenvalue weighted by Crippen LogP contribution is 2.21. The fraction of sp³-hybridized carbons (Fsp3) is 0.0714. The standard InChI is InChI=1S/C14H10ClFN4O2S/c15-10-7-9(1-2-11(10)16)22-8-20-5-3-12(19-20)13(21)18-14-17-4-6-23-14/h1-7H,8H2,(H,17,18,21). The minimum absolute atomic E-state index is 0.0218. The number of benzene rings is 1. The molecule has 0 spiro atoms. The monoisotopic (exact) mass is 352 g/mol. The zero-order valence-corrected chi connectivity index (χ0v) is 13.1. The summed E-state index contributed by atoms with van der Waals surface area (Å²) in [6, 6.07) is 5.61. The molecule has 2 heterocycles. The van der Waals surface area contributed by atoms with Gasteiger partial charge in [0.1, 0.15) is 11.6 Å². The smallest absolute Gasteiger partial charge is 0.277 e. The summed E-state index contributed by atoms with van der Waals surface area (Å²) < 4.78 is 19.9. The molecule has 1 N–H and O–H groups in total. The second-order valence-electron chi connectivity index (χ2n) is 4.38. The highest BCUT2D eigenvalue weighted by molar-refractivity contribution is 7.13. The van der Waals surface area contributed by atoms with Crippen LogP contribution in [-0.4, -0.2) is 20.7 Å². The average molecular weight is 353 g/mol. The number of hydrogen-bond donors (Lipinski definition) is 1. The summed E-state index contributed by atoms with van der Waals surface area (Å²) >= 11 is 6.99. The van der Waals surface area contributed by atoms with Crippen molar-refractivity contribution in [2.24, 2.45) is 0 Å². The van der Waals surface area contributed by atoms with Gasteiger partial charge in [-0.2, -0.15) is 5.10 Å². The van der Waals surface area contributed by atoms with Crippen molar-refractivity contribution in [1.29, 1.82) is 0 Å². The van der Waals surface area contributed by atoms with Crippen molar-refractivity contribution in [2.75, 3.05) is 5.32 Å². The number of hydrogen-bond acceptors (Lipinski definition) is 5. The Morgan fingerprint density at radius 3 is 3.04 bits per heavy atom. The molecule has 0 aliphatic heterocycles. The van der Waals surface area contributed by atoms with Gasteiger partial charge in [0.2, 0.25) is 0 Å². The van der Waals surface area contributed by atoms with Crippen LogP contribution in [0.25, 0.3) is 0 Å². The van der Waals surface area contributed by atoms with Crippen LogP contribution in [-0.2, 0) is 6.73 Å². The fourth-order valence-corrected chi connectivity index (χ4v) is 2.40. The number of amides is 1. The van der Waals surface area contributed by atoms with Crippen molar-refractivity contribution >= 4 is 34.0 Å². The molecule has 0 fully saturated rings. The largest absolute Gasteiger partial charge is 0.471 e. The van der Waals surface area contributed by atoms with Gasteiger partial charge in [-0.15, -0.1) is 11.3 Å². The Morgan fingerprint density at radius 1 is 1.43 bits per heavy atom. The topological polar surface area (TPSA) is 69.0 Å². The maximum atomic E-state index is 13.1. The molecule has 118 valence electrons. The van der Waals surface area contributed by atoms with E-state index in [2.05, 4.69) is 15.4 Å². The lowest BCUT2D eigenvalue weighted by Gasteiger charge is -2.06. The van der Waals surface area contributed by atoms with Crippen LogP contribution in [0.1, 0.15) is 10.5 Å². The van der Waals surface area contributed by atoms with Crippen molar-refractivity contribution in [1.82, 2.24) is 14.8 Å². The van der Waals surface area contributed by atoms with Gasteiger partial charge in [0.05, 0.1) is 5.02 Å². The van der Waals surface area contributed by atoms with Crippen molar-refractivity contribution in [2.45, 2.75) is 6.73 Å². The Kier molecular flexibility index (Phi) is 4.54. The number of nitrogens with zero attached hydrogens (tertiary/aromatic N) is 3. The molecule has 9 heteroatoms. The van der Waals surface area contributed by atoms with Crippen LogP contribution < -0.4 is 10.1 Å². The molecule has 0 saturated carbocycles. The summed E-state index contributed by atoms with van der Waals surface area (Å²) in [6.45, 7) is 0.0620. The van der Waals surface area contributed by atoms with E-state index >= 15 is 0 Å². The summed E-state index contributed by atoms with van der Waals surface area (Å²) in [7, 11) is 0. The maximum absolute atomic E-state index is 13.1. The van der Waals surface area contributed by atoms with E-state index in [0.29, 0.717) is 10.9 Å². The number of halogens is 2. The molecule has 1 aromatic carbocycles. The van der Waals surface area contributed by atoms with Crippen molar-refractivity contribution in [3.8, 4) is 5.75 Å². The minimum Gasteiger partial charge on any atom is -0.471 e. The number of anilines is 1. The molecule has 0 unspecified atom stereocenters. The quantitative estimate of drug-likeness (QED) is 0.764. The Balaban J connectivity index is 1.60. The molecule has 1 amide bonds. The molecule has 3 rings (SSSR count). The van der Waals surface area contributed by atoms with Crippen LogP contribution in [0.4, 0.5) is 9.52 Å². The van der Waals surface area contributed by atoms with Crippen LogP contribution in [0, 0.1) is 5.82 Å². The summed E-state index contributed by atoms with van der Waals surface area (Å²) in [4.78, 5) is 15.9. The molecule has 0 aliphatic rings. The molecule has 0 bridgehead atoms. The number of carbonyl (C=O) groups is 1. The van der Waals surface area contributed by atoms with E-state index in [9.17, 15) is 9.18 Å². The van der Waals surface area contributed by atoms with E-state index in [4.69, 9.17) is 16.3 Å². The van der Waals surface area contributed by atoms with Crippen LogP contribution in [0.15, 0.2) is 42.0 Å². The van der Waals surface area contributed by atoms with E-state index < -0.39 is 5.82 Å². The van der Waals surface area contributed by atoms with Crippen molar-refractivity contribution in [3.63, 3.8) is 0 Å². The first-order valence-corrected chi connectivity index (χ1v) is 7.70. The number of thiazole rings is 1. The van der Waals surface area contributed by atoms with E-state index in [1.807, 2.05) is 0 Å². The summed E-state index contributed by atoms with van der Waals surface area (Å²) in [5.74, 6) is -0.469. The first kappa shape index (κ1) is 15.4. The Bertz CT molecular complexity index is 822. The van der Waals surface area contributed by atoms with Gasteiger partial charge >= 0.3 is 0 Å². The lowest BCUT2D eigenvalue weighted by atomic mass is 10.3. The summed E-state index contributed by atoms with van der Waals surface area (Å²) in [5, 5.41) is 8.97. The Labute approximate surface area is 139 Å². The first-order chi connectivity index (χ1) is 11.1. The highest BCUT2D eigenvalue weighted by Gasteiger charge is 2.11. The number of ether oxygens (including phenoxy) is 1. The molecular weight excluding hydrogens is 343 g/mol. The fourth-order valence-electron chi connectivity index (χ4n) is 1.71. The third-order valence-corrected chi connectivity index (χ3v) is 3.76. The van der Waals surface area contributed by atoms with Gasteiger partial charge in [-0.05, 0) is 18.2 Å². The van der Waals surface area contributed by atoms with Gasteiger partial charge in [0.25, 0.3) is 5.91 Å². The second kappa shape index (κ2) is 6.76. The lowest BCUT2D eigenvalue weighted by molar-refractivity contribution is 0.102. The third kappa shape index (κ3) is 3.85. The van der Waals surface area contributed by atoms with E-state index in [1.54, 1.807) is 23.8 Å². The molecule has 6 nitrogen and oxygen atoms in total. The molecular formula is C14H10ClFN4O2S. The number of rotatable bonds is 5. The summed E-state index contributed by atoms with van der Waals surface area (Å²) in [5.41, 5.74) is 0.237. The van der Waals surface area contributed by atoms with Crippen molar-refractivity contribution < 1.29 is 13.9 Å². The SMILES string of the molecule is O=C(Nc1nccs1)c1ccn(COc2ccc(F)c(Cl)c2)n1. The zero-order valence-electron chi connectivity index (χ0n) is 11.6. The highest BCUT2D eigenvalue weighted by atomic mass is 35.5. The number of carbonyl (C=O) groups excluding carboxylic acids is 1. The summed E-state index contributed by atoms with van der Waals surface area (Å²) in [6.07, 6.45) is 3.20. The molecule has 23 heavy (non-hydrogen) atoms. The maximum Gasteiger partial charge on any atom is 0.277 e. The van der Waals surface area contributed by atoms with Crippen LogP contribution >= 0.6 is 22.9 Å². The number of nitrogens with one attached hydrogen (secondary N) is 1. The van der Waals surface area contributed by atoms with Gasteiger partial charge in [-0.25, -0.2) is 14.1 Å². The molecule has 3 aromatic rings. The lowest BCUT2D eigenvalue weighted by Crippen LogP contribution is -2.14. The molecule has 0 radical (unpaired) electrons. The van der Waals surface area contributed by atoms with E-state index in [0.717, 1.165) is 0 Å². The average Bonchev–Trinajstić information content (AvgIpc) is 3.20. The van der Waals surface area contributed by atoms with Gasteiger partial charge in [-0.1, -0.05) is 11.6 Å². The molecule has 2 aromatic heterocycles. The molecule has 0 aliphatic carbocycles. The third-order valence-electron chi connectivity index (χ3n) is 2.78. The van der Waals surface area contributed by atoms with Gasteiger partial charge in [0.15, 0.2) is 17.6 Å². The van der Waals surface area contributed by atoms with Gasteiger partial charge < -0.3 is 4.74 Å². The van der Waals surface area contributed by atoms with Crippen LogP contribution in [0.5, 0.6) is 5.75 Å². The van der Waals surface area contributed by atoms with Gasteiger partial charge in [-0.3, -0.25) is 10.1 Å². The van der Waals surface area contributed by atoms with Crippen LogP contribution in [0.2, 0.25) is 5.02 Å². The molecule has 0 saturated heterocycles. The van der Waals surface area contributed by atoms with Crippen LogP contribution in [0.3, 0.4) is 0 Å².